The van der Waals surface area contributed by atoms with Gasteiger partial charge in [0.05, 0.1) is 12.1 Å². The van der Waals surface area contributed by atoms with Gasteiger partial charge in [-0.3, -0.25) is 19.3 Å². The summed E-state index contributed by atoms with van der Waals surface area (Å²) in [5.74, 6) is -1.89. The number of hydrogen-bond donors (Lipinski definition) is 3. The second-order valence-corrected chi connectivity index (χ2v) is 5.96. The minimum absolute atomic E-state index is 0.276. The van der Waals surface area contributed by atoms with E-state index in [1.807, 2.05) is 0 Å². The molecule has 3 rings (SSSR count). The number of primary amides is 1. The van der Waals surface area contributed by atoms with Crippen LogP contribution < -0.4 is 16.4 Å². The topological polar surface area (TPSA) is 127 Å². The van der Waals surface area contributed by atoms with E-state index < -0.39 is 29.6 Å². The minimum Gasteiger partial charge on any atom is -0.399 e. The number of benzene rings is 2. The lowest BCUT2D eigenvalue weighted by molar-refractivity contribution is -0.136. The van der Waals surface area contributed by atoms with Crippen molar-refractivity contribution >= 4 is 29.0 Å². The zero-order chi connectivity index (χ0) is 18.2. The van der Waals surface area contributed by atoms with Crippen molar-refractivity contribution in [2.75, 3.05) is 17.2 Å². The zero-order valence-corrected chi connectivity index (χ0v) is 13.3. The summed E-state index contributed by atoms with van der Waals surface area (Å²) >= 11 is 0. The lowest BCUT2D eigenvalue weighted by atomic mass is 9.88. The Morgan fingerprint density at radius 3 is 2.52 bits per heavy atom. The molecule has 1 heterocycles. The molecule has 0 bridgehead atoms. The maximum atomic E-state index is 12.7. The molecule has 2 aromatic carbocycles. The van der Waals surface area contributed by atoms with Crippen LogP contribution in [-0.2, 0) is 15.2 Å². The summed E-state index contributed by atoms with van der Waals surface area (Å²) in [6.07, 6.45) is -0.457. The van der Waals surface area contributed by atoms with Gasteiger partial charge in [0.1, 0.15) is 6.54 Å². The largest absolute Gasteiger partial charge is 0.399 e. The Balaban J connectivity index is 1.98. The fraction of sp³-hybridized carbons (Fsp3) is 0.167. The van der Waals surface area contributed by atoms with Crippen molar-refractivity contribution in [2.45, 2.75) is 12.0 Å². The standard InChI is InChI=1S/C18H17N3O4/c19-12-5-3-4-11(8-12)15(22)9-18(25)13-6-1-2-7-14(13)21(17(18)24)10-16(20)23/h1-8,25H,9-10,19H2,(H2,20,23). The third-order valence-corrected chi connectivity index (χ3v) is 4.18. The highest BCUT2D eigenvalue weighted by molar-refractivity contribution is 6.12. The number of carbonyl (C=O) groups excluding carboxylic acids is 3. The van der Waals surface area contributed by atoms with Crippen LogP contribution in [0.4, 0.5) is 11.4 Å². The Kier molecular flexibility index (Phi) is 4.02. The first-order valence-electron chi connectivity index (χ1n) is 7.64. The van der Waals surface area contributed by atoms with Crippen molar-refractivity contribution < 1.29 is 19.5 Å². The van der Waals surface area contributed by atoms with E-state index in [2.05, 4.69) is 0 Å². The molecular weight excluding hydrogens is 322 g/mol. The van der Waals surface area contributed by atoms with Gasteiger partial charge in [-0.15, -0.1) is 0 Å². The van der Waals surface area contributed by atoms with Crippen LogP contribution in [0.2, 0.25) is 0 Å². The lowest BCUT2D eigenvalue weighted by Gasteiger charge is -2.22. The van der Waals surface area contributed by atoms with E-state index in [1.165, 1.54) is 6.07 Å². The number of nitrogens with two attached hydrogens (primary N) is 2. The molecule has 0 saturated heterocycles. The van der Waals surface area contributed by atoms with Crippen LogP contribution in [0.1, 0.15) is 22.3 Å². The Morgan fingerprint density at radius 1 is 1.12 bits per heavy atom. The summed E-state index contributed by atoms with van der Waals surface area (Å²) in [5.41, 5.74) is 10.2. The molecule has 0 saturated carbocycles. The number of nitrogen functional groups attached to an aromatic ring is 1. The quantitative estimate of drug-likeness (QED) is 0.542. The van der Waals surface area contributed by atoms with Crippen molar-refractivity contribution in [1.82, 2.24) is 0 Å². The van der Waals surface area contributed by atoms with Crippen molar-refractivity contribution in [3.8, 4) is 0 Å². The van der Waals surface area contributed by atoms with E-state index in [4.69, 9.17) is 11.5 Å². The van der Waals surface area contributed by atoms with Crippen LogP contribution >= 0.6 is 0 Å². The highest BCUT2D eigenvalue weighted by Crippen LogP contribution is 2.42. The summed E-state index contributed by atoms with van der Waals surface area (Å²) < 4.78 is 0. The van der Waals surface area contributed by atoms with Crippen LogP contribution in [0.3, 0.4) is 0 Å². The summed E-state index contributed by atoms with van der Waals surface area (Å²) in [6, 6.07) is 12.8. The third kappa shape index (κ3) is 2.85. The number of anilines is 2. The van der Waals surface area contributed by atoms with E-state index in [1.54, 1.807) is 42.5 Å². The molecule has 0 radical (unpaired) electrons. The number of fused-ring (bicyclic) bond motifs is 1. The Morgan fingerprint density at radius 2 is 1.84 bits per heavy atom. The molecule has 1 unspecified atom stereocenters. The van der Waals surface area contributed by atoms with Gasteiger partial charge in [0.15, 0.2) is 11.4 Å². The number of aliphatic hydroxyl groups is 1. The smallest absolute Gasteiger partial charge is 0.264 e. The normalized spacial score (nSPS) is 18.9. The molecule has 25 heavy (non-hydrogen) atoms. The molecule has 0 aromatic heterocycles. The van der Waals surface area contributed by atoms with Crippen LogP contribution in [-0.4, -0.2) is 29.2 Å². The van der Waals surface area contributed by atoms with E-state index in [-0.39, 0.29) is 12.1 Å². The predicted octanol–water partition coefficient (Wildman–Crippen LogP) is 0.561. The Bertz CT molecular complexity index is 880. The molecule has 0 fully saturated rings. The van der Waals surface area contributed by atoms with Gasteiger partial charge < -0.3 is 16.6 Å². The molecular formula is C18H17N3O4. The molecule has 2 aromatic rings. The molecule has 1 aliphatic heterocycles. The molecule has 5 N–H and O–H groups in total. The van der Waals surface area contributed by atoms with Crippen molar-refractivity contribution in [1.29, 1.82) is 0 Å². The van der Waals surface area contributed by atoms with Gasteiger partial charge in [-0.05, 0) is 18.2 Å². The molecule has 0 aliphatic carbocycles. The molecule has 1 atom stereocenters. The van der Waals surface area contributed by atoms with Crippen LogP contribution in [0.5, 0.6) is 0 Å². The molecule has 7 heteroatoms. The van der Waals surface area contributed by atoms with Crippen LogP contribution in [0, 0.1) is 0 Å². The average Bonchev–Trinajstić information content (AvgIpc) is 2.77. The van der Waals surface area contributed by atoms with E-state index in [0.29, 0.717) is 16.9 Å². The molecule has 0 spiro atoms. The van der Waals surface area contributed by atoms with Gasteiger partial charge in [0.2, 0.25) is 5.91 Å². The van der Waals surface area contributed by atoms with E-state index >= 15 is 0 Å². The number of nitrogens with zero attached hydrogens (tertiary/aromatic N) is 1. The second-order valence-electron chi connectivity index (χ2n) is 5.96. The van der Waals surface area contributed by atoms with Crippen molar-refractivity contribution in [3.05, 3.63) is 59.7 Å². The summed E-state index contributed by atoms with van der Waals surface area (Å²) in [4.78, 5) is 37.7. The Labute approximate surface area is 143 Å². The molecule has 2 amide bonds. The minimum atomic E-state index is -2.05. The van der Waals surface area contributed by atoms with Crippen molar-refractivity contribution in [3.63, 3.8) is 0 Å². The van der Waals surface area contributed by atoms with Gasteiger partial charge >= 0.3 is 0 Å². The first kappa shape index (κ1) is 16.7. The van der Waals surface area contributed by atoms with Crippen molar-refractivity contribution in [2.24, 2.45) is 5.73 Å². The SMILES string of the molecule is NC(=O)CN1C(=O)C(O)(CC(=O)c2cccc(N)c2)c2ccccc21. The zero-order valence-electron chi connectivity index (χ0n) is 13.3. The van der Waals surface area contributed by atoms with Crippen LogP contribution in [0.25, 0.3) is 0 Å². The number of carbonyl (C=O) groups is 3. The highest BCUT2D eigenvalue weighted by atomic mass is 16.3. The maximum Gasteiger partial charge on any atom is 0.264 e. The number of amides is 2. The lowest BCUT2D eigenvalue weighted by Crippen LogP contribution is -2.44. The predicted molar refractivity (Wildman–Crippen MR) is 91.7 cm³/mol. The summed E-state index contributed by atoms with van der Waals surface area (Å²) in [5, 5.41) is 11.0. The number of hydrogen-bond acceptors (Lipinski definition) is 5. The molecule has 1 aliphatic rings. The fourth-order valence-electron chi connectivity index (χ4n) is 3.04. The maximum absolute atomic E-state index is 12.7. The summed E-state index contributed by atoms with van der Waals surface area (Å²) in [7, 11) is 0. The second kappa shape index (κ2) is 6.03. The number of para-hydroxylation sites is 1. The van der Waals surface area contributed by atoms with Gasteiger partial charge in [0.25, 0.3) is 5.91 Å². The summed E-state index contributed by atoms with van der Waals surface area (Å²) in [6.45, 7) is -0.370. The van der Waals surface area contributed by atoms with Gasteiger partial charge in [-0.2, -0.15) is 0 Å². The number of rotatable bonds is 5. The van der Waals surface area contributed by atoms with E-state index in [0.717, 1.165) is 4.90 Å². The van der Waals surface area contributed by atoms with Gasteiger partial charge in [-0.1, -0.05) is 30.3 Å². The molecule has 7 nitrogen and oxygen atoms in total. The fourth-order valence-corrected chi connectivity index (χ4v) is 3.04. The number of ketones is 1. The first-order chi connectivity index (χ1) is 11.8. The van der Waals surface area contributed by atoms with Gasteiger partial charge in [-0.25, -0.2) is 0 Å². The highest BCUT2D eigenvalue weighted by Gasteiger charge is 2.51. The third-order valence-electron chi connectivity index (χ3n) is 4.18. The molecule has 128 valence electrons. The van der Waals surface area contributed by atoms with Gasteiger partial charge in [0, 0.05) is 16.8 Å². The average molecular weight is 339 g/mol. The first-order valence-corrected chi connectivity index (χ1v) is 7.64. The monoisotopic (exact) mass is 339 g/mol. The Hall–Kier alpha value is -3.19. The number of Topliss-reactive ketones (excluding diaryl/α,β-unsaturated/α-hetero) is 1. The van der Waals surface area contributed by atoms with E-state index in [9.17, 15) is 19.5 Å². The van der Waals surface area contributed by atoms with Crippen LogP contribution in [0.15, 0.2) is 48.5 Å².